The van der Waals surface area contributed by atoms with Crippen molar-refractivity contribution in [1.82, 2.24) is 4.98 Å². The van der Waals surface area contributed by atoms with Crippen LogP contribution in [0.25, 0.3) is 0 Å². The highest BCUT2D eigenvalue weighted by atomic mass is 79.9. The predicted molar refractivity (Wildman–Crippen MR) is 49.4 cm³/mol. The van der Waals surface area contributed by atoms with Crippen LogP contribution in [0.3, 0.4) is 0 Å². The van der Waals surface area contributed by atoms with Crippen LogP contribution >= 0.6 is 15.9 Å². The molecule has 66 valence electrons. The maximum Gasteiger partial charge on any atom is 0.216 e. The Kier molecular flexibility index (Phi) is 3.17. The molecule has 1 atom stereocenters. The molecule has 0 aromatic carbocycles. The Morgan fingerprint density at radius 3 is 3.00 bits per heavy atom. The van der Waals surface area contributed by atoms with Gasteiger partial charge < -0.3 is 5.73 Å². The highest BCUT2D eigenvalue weighted by Gasteiger charge is 2.10. The number of hydrogen-bond donors (Lipinski definition) is 1. The van der Waals surface area contributed by atoms with E-state index < -0.39 is 5.95 Å². The van der Waals surface area contributed by atoms with Crippen molar-refractivity contribution < 1.29 is 4.39 Å². The van der Waals surface area contributed by atoms with Crippen molar-refractivity contribution in [2.24, 2.45) is 5.73 Å². The van der Waals surface area contributed by atoms with E-state index in [2.05, 4.69) is 20.9 Å². The molecule has 0 saturated heterocycles. The summed E-state index contributed by atoms with van der Waals surface area (Å²) in [7, 11) is 0. The molecular formula is C8H10BrFN2. The maximum atomic E-state index is 13.0. The molecule has 0 aliphatic heterocycles. The normalized spacial score (nSPS) is 13.0. The van der Waals surface area contributed by atoms with E-state index in [0.29, 0.717) is 12.1 Å². The minimum absolute atomic E-state index is 0.00926. The summed E-state index contributed by atoms with van der Waals surface area (Å²) in [6.45, 7) is 2.29. The average molecular weight is 233 g/mol. The average Bonchev–Trinajstić information content (AvgIpc) is 2.08. The van der Waals surface area contributed by atoms with Gasteiger partial charge in [-0.2, -0.15) is 4.39 Å². The van der Waals surface area contributed by atoms with E-state index in [4.69, 9.17) is 5.73 Å². The summed E-state index contributed by atoms with van der Waals surface area (Å²) >= 11 is 3.22. The molecule has 0 aliphatic rings. The third kappa shape index (κ3) is 2.01. The first-order chi connectivity index (χ1) is 5.65. The van der Waals surface area contributed by atoms with Crippen molar-refractivity contribution in [3.05, 3.63) is 28.2 Å². The summed E-state index contributed by atoms with van der Waals surface area (Å²) in [6.07, 6.45) is 1.43. The zero-order chi connectivity index (χ0) is 9.14. The second-order valence-corrected chi connectivity index (χ2v) is 3.59. The van der Waals surface area contributed by atoms with Gasteiger partial charge in [-0.05, 0) is 34.5 Å². The molecule has 4 heteroatoms. The van der Waals surface area contributed by atoms with E-state index in [1.54, 1.807) is 6.07 Å². The lowest BCUT2D eigenvalue weighted by atomic mass is 10.0. The van der Waals surface area contributed by atoms with Gasteiger partial charge in [-0.3, -0.25) is 0 Å². The molecule has 0 fully saturated rings. The Bertz CT molecular complexity index is 278. The lowest BCUT2D eigenvalue weighted by molar-refractivity contribution is 0.550. The van der Waals surface area contributed by atoms with Gasteiger partial charge in [0.05, 0.1) is 0 Å². The molecule has 2 N–H and O–H groups in total. The number of aromatic nitrogens is 1. The molecule has 0 aliphatic carbocycles. The second-order valence-electron chi connectivity index (χ2n) is 2.67. The van der Waals surface area contributed by atoms with Gasteiger partial charge in [0.1, 0.15) is 0 Å². The fourth-order valence-electron chi connectivity index (χ4n) is 0.911. The molecule has 0 saturated carbocycles. The molecule has 12 heavy (non-hydrogen) atoms. The van der Waals surface area contributed by atoms with Crippen LogP contribution in [0.15, 0.2) is 16.7 Å². The van der Waals surface area contributed by atoms with Gasteiger partial charge in [0.15, 0.2) is 0 Å². The quantitative estimate of drug-likeness (QED) is 0.794. The van der Waals surface area contributed by atoms with Crippen molar-refractivity contribution in [3.8, 4) is 0 Å². The first-order valence-electron chi connectivity index (χ1n) is 3.66. The van der Waals surface area contributed by atoms with Crippen LogP contribution in [-0.2, 0) is 0 Å². The third-order valence-corrected chi connectivity index (χ3v) is 2.15. The minimum atomic E-state index is -0.434. The zero-order valence-electron chi connectivity index (χ0n) is 6.72. The molecular weight excluding hydrogens is 223 g/mol. The number of nitrogens with zero attached hydrogens (tertiary/aromatic N) is 1. The summed E-state index contributed by atoms with van der Waals surface area (Å²) in [4.78, 5) is 3.58. The molecule has 1 aromatic rings. The van der Waals surface area contributed by atoms with E-state index in [1.807, 2.05) is 6.92 Å². The first-order valence-corrected chi connectivity index (χ1v) is 4.45. The van der Waals surface area contributed by atoms with Crippen LogP contribution in [0.5, 0.6) is 0 Å². The highest BCUT2D eigenvalue weighted by molar-refractivity contribution is 9.10. The Labute approximate surface area is 79.1 Å². The fourth-order valence-corrected chi connectivity index (χ4v) is 1.26. The van der Waals surface area contributed by atoms with Crippen molar-refractivity contribution in [2.45, 2.75) is 12.8 Å². The maximum absolute atomic E-state index is 13.0. The zero-order valence-corrected chi connectivity index (χ0v) is 8.31. The van der Waals surface area contributed by atoms with E-state index >= 15 is 0 Å². The van der Waals surface area contributed by atoms with E-state index in [0.717, 1.165) is 4.47 Å². The number of hydrogen-bond acceptors (Lipinski definition) is 2. The molecule has 0 radical (unpaired) electrons. The van der Waals surface area contributed by atoms with Crippen LogP contribution in [0.1, 0.15) is 18.4 Å². The van der Waals surface area contributed by atoms with E-state index in [1.165, 1.54) is 6.20 Å². The lowest BCUT2D eigenvalue weighted by Gasteiger charge is -2.08. The summed E-state index contributed by atoms with van der Waals surface area (Å²) in [5, 5.41) is 0. The molecule has 1 unspecified atom stereocenters. The van der Waals surface area contributed by atoms with Crippen LogP contribution < -0.4 is 5.73 Å². The molecule has 1 aromatic heterocycles. The standard InChI is InChI=1S/C8H10BrFN2/c1-5(3-11)7-2-6(9)4-12-8(7)10/h2,4-5H,3,11H2,1H3. The minimum Gasteiger partial charge on any atom is -0.330 e. The van der Waals surface area contributed by atoms with Crippen molar-refractivity contribution in [3.63, 3.8) is 0 Å². The molecule has 1 heterocycles. The summed E-state index contributed by atoms with van der Waals surface area (Å²) in [5.74, 6) is -0.425. The predicted octanol–water partition coefficient (Wildman–Crippen LogP) is 2.05. The van der Waals surface area contributed by atoms with Crippen LogP contribution in [0.2, 0.25) is 0 Å². The van der Waals surface area contributed by atoms with Gasteiger partial charge in [0.2, 0.25) is 5.95 Å². The van der Waals surface area contributed by atoms with Crippen LogP contribution in [-0.4, -0.2) is 11.5 Å². The summed E-state index contributed by atoms with van der Waals surface area (Å²) in [6, 6.07) is 1.71. The first kappa shape index (κ1) is 9.61. The van der Waals surface area contributed by atoms with Gasteiger partial charge in [-0.1, -0.05) is 6.92 Å². The van der Waals surface area contributed by atoms with Gasteiger partial charge in [-0.25, -0.2) is 4.98 Å². The number of halogens is 2. The largest absolute Gasteiger partial charge is 0.330 e. The monoisotopic (exact) mass is 232 g/mol. The summed E-state index contributed by atoms with van der Waals surface area (Å²) < 4.78 is 13.8. The smallest absolute Gasteiger partial charge is 0.216 e. The number of nitrogens with two attached hydrogens (primary N) is 1. The van der Waals surface area contributed by atoms with Gasteiger partial charge in [-0.15, -0.1) is 0 Å². The molecule has 2 nitrogen and oxygen atoms in total. The fraction of sp³-hybridized carbons (Fsp3) is 0.375. The molecule has 1 rings (SSSR count). The Hall–Kier alpha value is -0.480. The van der Waals surface area contributed by atoms with Crippen molar-refractivity contribution in [2.75, 3.05) is 6.54 Å². The molecule has 0 spiro atoms. The third-order valence-electron chi connectivity index (χ3n) is 1.72. The van der Waals surface area contributed by atoms with E-state index in [9.17, 15) is 4.39 Å². The summed E-state index contributed by atoms with van der Waals surface area (Å²) in [5.41, 5.74) is 5.98. The van der Waals surface area contributed by atoms with E-state index in [-0.39, 0.29) is 5.92 Å². The second kappa shape index (κ2) is 3.96. The van der Waals surface area contributed by atoms with Crippen molar-refractivity contribution >= 4 is 15.9 Å². The highest BCUT2D eigenvalue weighted by Crippen LogP contribution is 2.20. The van der Waals surface area contributed by atoms with Crippen molar-refractivity contribution in [1.29, 1.82) is 0 Å². The Morgan fingerprint density at radius 2 is 2.42 bits per heavy atom. The molecule has 0 amide bonds. The van der Waals surface area contributed by atoms with Gasteiger partial charge >= 0.3 is 0 Å². The Morgan fingerprint density at radius 1 is 1.75 bits per heavy atom. The van der Waals surface area contributed by atoms with Crippen LogP contribution in [0.4, 0.5) is 4.39 Å². The van der Waals surface area contributed by atoms with Gasteiger partial charge in [0, 0.05) is 16.2 Å². The van der Waals surface area contributed by atoms with Gasteiger partial charge in [0.25, 0.3) is 0 Å². The number of pyridine rings is 1. The number of rotatable bonds is 2. The Balaban J connectivity index is 3.04. The lowest BCUT2D eigenvalue weighted by Crippen LogP contribution is -2.11. The van der Waals surface area contributed by atoms with Crippen LogP contribution in [0, 0.1) is 5.95 Å². The SMILES string of the molecule is CC(CN)c1cc(Br)cnc1F. The topological polar surface area (TPSA) is 38.9 Å². The molecule has 0 bridgehead atoms.